The Labute approximate surface area is 179 Å². The first-order valence-corrected chi connectivity index (χ1v) is 11.1. The molecule has 7 heteroatoms. The molecule has 1 atom stereocenters. The zero-order valence-corrected chi connectivity index (χ0v) is 18.9. The lowest BCUT2D eigenvalue weighted by molar-refractivity contribution is -0.123. The number of hydrogen-bond donors (Lipinski definition) is 1. The molecule has 1 N–H and O–H groups in total. The van der Waals surface area contributed by atoms with Crippen LogP contribution in [-0.2, 0) is 11.3 Å². The molecule has 0 fully saturated rings. The highest BCUT2D eigenvalue weighted by Gasteiger charge is 2.21. The van der Waals surface area contributed by atoms with E-state index in [1.165, 1.54) is 4.88 Å². The van der Waals surface area contributed by atoms with Crippen LogP contribution < -0.4 is 14.8 Å². The van der Waals surface area contributed by atoms with Crippen molar-refractivity contribution >= 4 is 33.2 Å². The normalized spacial score (nSPS) is 14.8. The third-order valence-electron chi connectivity index (χ3n) is 4.58. The number of rotatable bonds is 7. The van der Waals surface area contributed by atoms with Crippen LogP contribution in [0.25, 0.3) is 0 Å². The topological polar surface area (TPSA) is 50.8 Å². The maximum Gasteiger partial charge on any atom is 0.234 e. The monoisotopic (exact) mass is 466 g/mol. The molecule has 2 aromatic rings. The molecule has 2 heterocycles. The number of benzene rings is 1. The first-order chi connectivity index (χ1) is 13.4. The summed E-state index contributed by atoms with van der Waals surface area (Å²) in [7, 11) is 1.96. The Balaban J connectivity index is 1.64. The van der Waals surface area contributed by atoms with Gasteiger partial charge in [-0.15, -0.1) is 11.3 Å². The van der Waals surface area contributed by atoms with E-state index >= 15 is 0 Å². The Hall–Kier alpha value is -1.57. The van der Waals surface area contributed by atoms with Crippen molar-refractivity contribution in [1.82, 2.24) is 10.2 Å². The number of likely N-dealkylation sites (N-methyl/N-ethyl adjacent to an activating group) is 1. The average Bonchev–Trinajstić information content (AvgIpc) is 2.90. The summed E-state index contributed by atoms with van der Waals surface area (Å²) in [5, 5.41) is 3.19. The van der Waals surface area contributed by atoms with Gasteiger partial charge in [0.05, 0.1) is 29.6 Å². The molecule has 3 rings (SSSR count). The Morgan fingerprint density at radius 1 is 1.21 bits per heavy atom. The van der Waals surface area contributed by atoms with Gasteiger partial charge in [0.1, 0.15) is 0 Å². The fourth-order valence-corrected chi connectivity index (χ4v) is 4.79. The molecule has 0 aliphatic carbocycles. The minimum Gasteiger partial charge on any atom is -0.490 e. The summed E-state index contributed by atoms with van der Waals surface area (Å²) in [4.78, 5) is 15.9. The summed E-state index contributed by atoms with van der Waals surface area (Å²) in [5.74, 6) is 1.81. The van der Waals surface area contributed by atoms with Gasteiger partial charge in [-0.05, 0) is 58.7 Å². The number of nitrogens with zero attached hydrogens (tertiary/aromatic N) is 1. The maximum absolute atomic E-state index is 12.7. The second-order valence-electron chi connectivity index (χ2n) is 7.42. The van der Waals surface area contributed by atoms with Crippen LogP contribution in [-0.4, -0.2) is 37.6 Å². The Bertz CT molecular complexity index is 809. The molecule has 1 aromatic carbocycles. The fourth-order valence-electron chi connectivity index (χ4n) is 3.23. The number of amides is 1. The highest BCUT2D eigenvalue weighted by Crippen LogP contribution is 2.34. The number of halogens is 1. The van der Waals surface area contributed by atoms with Gasteiger partial charge < -0.3 is 14.8 Å². The average molecular weight is 467 g/mol. The molecule has 1 unspecified atom stereocenters. The molecule has 0 saturated carbocycles. The van der Waals surface area contributed by atoms with E-state index in [1.54, 1.807) is 11.3 Å². The van der Waals surface area contributed by atoms with E-state index in [0.29, 0.717) is 19.8 Å². The van der Waals surface area contributed by atoms with Gasteiger partial charge in [0.15, 0.2) is 11.5 Å². The zero-order valence-electron chi connectivity index (χ0n) is 16.5. The van der Waals surface area contributed by atoms with Gasteiger partial charge in [-0.2, -0.15) is 0 Å². The van der Waals surface area contributed by atoms with E-state index in [9.17, 15) is 4.79 Å². The Kier molecular flexibility index (Phi) is 7.37. The van der Waals surface area contributed by atoms with Gasteiger partial charge in [-0.1, -0.05) is 19.9 Å². The van der Waals surface area contributed by atoms with Crippen LogP contribution in [0.2, 0.25) is 0 Å². The summed E-state index contributed by atoms with van der Waals surface area (Å²) >= 11 is 5.17. The lowest BCUT2D eigenvalue weighted by Crippen LogP contribution is -2.38. The second kappa shape index (κ2) is 9.76. The van der Waals surface area contributed by atoms with Crippen LogP contribution in [0.1, 0.15) is 36.8 Å². The van der Waals surface area contributed by atoms with Crippen molar-refractivity contribution < 1.29 is 14.3 Å². The number of nitrogens with one attached hydrogen (secondary N) is 1. The molecule has 1 amide bonds. The van der Waals surface area contributed by atoms with Gasteiger partial charge in [0.2, 0.25) is 5.91 Å². The summed E-state index contributed by atoms with van der Waals surface area (Å²) in [6.07, 6.45) is 0.876. The molecule has 0 radical (unpaired) electrons. The van der Waals surface area contributed by atoms with Crippen LogP contribution >= 0.6 is 27.3 Å². The molecule has 0 spiro atoms. The molecule has 152 valence electrons. The van der Waals surface area contributed by atoms with Crippen LogP contribution in [0, 0.1) is 5.92 Å². The maximum atomic E-state index is 12.7. The van der Waals surface area contributed by atoms with Crippen molar-refractivity contribution in [3.05, 3.63) is 44.6 Å². The van der Waals surface area contributed by atoms with E-state index in [2.05, 4.69) is 41.2 Å². The van der Waals surface area contributed by atoms with Crippen molar-refractivity contribution in [2.75, 3.05) is 26.8 Å². The molecule has 1 aromatic heterocycles. The highest BCUT2D eigenvalue weighted by atomic mass is 79.9. The Morgan fingerprint density at radius 3 is 2.64 bits per heavy atom. The van der Waals surface area contributed by atoms with Crippen LogP contribution in [0.4, 0.5) is 0 Å². The second-order valence-corrected chi connectivity index (χ2v) is 9.97. The largest absolute Gasteiger partial charge is 0.490 e. The fraction of sp³-hybridized carbons (Fsp3) is 0.476. The number of fused-ring (bicyclic) bond motifs is 1. The van der Waals surface area contributed by atoms with Crippen molar-refractivity contribution in [1.29, 1.82) is 0 Å². The minimum atomic E-state index is -0.0751. The van der Waals surface area contributed by atoms with E-state index < -0.39 is 0 Å². The molecule has 1 aliphatic rings. The van der Waals surface area contributed by atoms with E-state index in [1.807, 2.05) is 36.2 Å². The standard InChI is InChI=1S/C21H27BrN2O3S/c1-14(2)21(15-5-7-17-18(11-15)27-10-4-9-26-17)23-20(25)13-24(3)12-16-6-8-19(22)28-16/h5-8,11,14,21H,4,9-10,12-13H2,1-3H3,(H,23,25). The lowest BCUT2D eigenvalue weighted by Gasteiger charge is -2.25. The zero-order chi connectivity index (χ0) is 20.1. The molecular formula is C21H27BrN2O3S. The highest BCUT2D eigenvalue weighted by molar-refractivity contribution is 9.11. The summed E-state index contributed by atoms with van der Waals surface area (Å²) in [5.41, 5.74) is 1.04. The number of ether oxygens (including phenoxy) is 2. The number of carbonyl (C=O) groups is 1. The van der Waals surface area contributed by atoms with E-state index in [0.717, 1.165) is 33.8 Å². The molecule has 1 aliphatic heterocycles. The Morgan fingerprint density at radius 2 is 1.96 bits per heavy atom. The first kappa shape index (κ1) is 21.1. The third-order valence-corrected chi connectivity index (χ3v) is 6.19. The molecule has 5 nitrogen and oxygen atoms in total. The smallest absolute Gasteiger partial charge is 0.234 e. The van der Waals surface area contributed by atoms with Gasteiger partial charge in [0, 0.05) is 17.8 Å². The predicted octanol–water partition coefficient (Wildman–Crippen LogP) is 4.62. The van der Waals surface area contributed by atoms with Crippen molar-refractivity contribution in [3.63, 3.8) is 0 Å². The first-order valence-electron chi connectivity index (χ1n) is 9.54. The summed E-state index contributed by atoms with van der Waals surface area (Å²) in [6, 6.07) is 10.0. The number of hydrogen-bond acceptors (Lipinski definition) is 5. The quantitative estimate of drug-likeness (QED) is 0.646. The summed E-state index contributed by atoms with van der Waals surface area (Å²) in [6.45, 7) is 6.65. The van der Waals surface area contributed by atoms with Crippen LogP contribution in [0.15, 0.2) is 34.1 Å². The van der Waals surface area contributed by atoms with E-state index in [-0.39, 0.29) is 17.9 Å². The SMILES string of the molecule is CC(C)C(NC(=O)CN(C)Cc1ccc(Br)s1)c1ccc2c(c1)OCCCO2. The molecule has 0 bridgehead atoms. The van der Waals surface area contributed by atoms with Gasteiger partial charge in [-0.25, -0.2) is 0 Å². The third kappa shape index (κ3) is 5.72. The van der Waals surface area contributed by atoms with Crippen molar-refractivity contribution in [2.45, 2.75) is 32.9 Å². The van der Waals surface area contributed by atoms with Crippen molar-refractivity contribution in [3.8, 4) is 11.5 Å². The summed E-state index contributed by atoms with van der Waals surface area (Å²) < 4.78 is 12.6. The van der Waals surface area contributed by atoms with Crippen LogP contribution in [0.3, 0.4) is 0 Å². The predicted molar refractivity (Wildman–Crippen MR) is 116 cm³/mol. The number of carbonyl (C=O) groups excluding carboxylic acids is 1. The van der Waals surface area contributed by atoms with Crippen LogP contribution in [0.5, 0.6) is 11.5 Å². The molecular weight excluding hydrogens is 440 g/mol. The number of thiophene rings is 1. The van der Waals surface area contributed by atoms with Gasteiger partial charge in [-0.3, -0.25) is 9.69 Å². The minimum absolute atomic E-state index is 0.0175. The van der Waals surface area contributed by atoms with Gasteiger partial charge >= 0.3 is 0 Å². The van der Waals surface area contributed by atoms with Crippen molar-refractivity contribution in [2.24, 2.45) is 5.92 Å². The van der Waals surface area contributed by atoms with E-state index in [4.69, 9.17) is 9.47 Å². The molecule has 0 saturated heterocycles. The van der Waals surface area contributed by atoms with Gasteiger partial charge in [0.25, 0.3) is 0 Å². The molecule has 28 heavy (non-hydrogen) atoms. The lowest BCUT2D eigenvalue weighted by atomic mass is 9.95.